The Morgan fingerprint density at radius 3 is 1.84 bits per heavy atom. The number of para-hydroxylation sites is 2. The molecule has 1 N–H and O–H groups in total. The van der Waals surface area contributed by atoms with E-state index in [0.717, 1.165) is 11.4 Å². The lowest BCUT2D eigenvalue weighted by Gasteiger charge is -2.02. The molecule has 0 atom stereocenters. The van der Waals surface area contributed by atoms with E-state index in [1.54, 1.807) is 0 Å². The summed E-state index contributed by atoms with van der Waals surface area (Å²) in [6, 6.07) is 19.7. The molecule has 0 bridgehead atoms. The second-order valence-corrected chi connectivity index (χ2v) is 4.79. The third-order valence-corrected chi connectivity index (χ3v) is 3.46. The molecule has 3 aromatic rings. The number of nitrogens with one attached hydrogen (secondary N) is 1. The van der Waals surface area contributed by atoms with Crippen molar-refractivity contribution in [2.45, 2.75) is 0 Å². The van der Waals surface area contributed by atoms with Crippen LogP contribution in [0.4, 0.5) is 0 Å². The van der Waals surface area contributed by atoms with Crippen molar-refractivity contribution in [1.82, 2.24) is 14.3 Å². The first-order chi connectivity index (χ1) is 9.27. The summed E-state index contributed by atoms with van der Waals surface area (Å²) in [4.78, 5) is 0. The molecule has 94 valence electrons. The van der Waals surface area contributed by atoms with E-state index in [0.29, 0.717) is 9.54 Å². The van der Waals surface area contributed by atoms with Gasteiger partial charge >= 0.3 is 0 Å². The van der Waals surface area contributed by atoms with E-state index in [1.165, 1.54) is 0 Å². The Labute approximate surface area is 120 Å². The zero-order valence-electron chi connectivity index (χ0n) is 9.98. The lowest BCUT2D eigenvalue weighted by atomic mass is 10.3. The second kappa shape index (κ2) is 4.95. The van der Waals surface area contributed by atoms with Gasteiger partial charge in [0.1, 0.15) is 0 Å². The SMILES string of the molecule is S=c1[nH]n(-c2ccccc2)c(=S)n1-c1ccccc1. The fraction of sp³-hybridized carbons (Fsp3) is 0. The maximum absolute atomic E-state index is 5.50. The molecule has 0 radical (unpaired) electrons. The van der Waals surface area contributed by atoms with Crippen LogP contribution in [-0.2, 0) is 0 Å². The molecule has 19 heavy (non-hydrogen) atoms. The Kier molecular flexibility index (Phi) is 3.15. The number of H-pyrrole nitrogens is 1. The number of hydrogen-bond acceptors (Lipinski definition) is 2. The third-order valence-electron chi connectivity index (χ3n) is 2.82. The predicted octanol–water partition coefficient (Wildman–Crippen LogP) is 4.06. The summed E-state index contributed by atoms with van der Waals surface area (Å²) < 4.78 is 4.87. The zero-order valence-corrected chi connectivity index (χ0v) is 11.6. The molecule has 1 heterocycles. The monoisotopic (exact) mass is 285 g/mol. The van der Waals surface area contributed by atoms with Crippen LogP contribution in [0.3, 0.4) is 0 Å². The van der Waals surface area contributed by atoms with Crippen molar-refractivity contribution in [2.24, 2.45) is 0 Å². The molecular weight excluding hydrogens is 274 g/mol. The number of aromatic nitrogens is 3. The van der Waals surface area contributed by atoms with Crippen LogP contribution in [0.25, 0.3) is 11.4 Å². The molecular formula is C14H11N3S2. The van der Waals surface area contributed by atoms with E-state index in [4.69, 9.17) is 24.4 Å². The minimum atomic E-state index is 0.583. The number of aromatic amines is 1. The van der Waals surface area contributed by atoms with E-state index in [9.17, 15) is 0 Å². The van der Waals surface area contributed by atoms with Crippen molar-refractivity contribution in [3.63, 3.8) is 0 Å². The lowest BCUT2D eigenvalue weighted by Crippen LogP contribution is -1.98. The maximum Gasteiger partial charge on any atom is 0.206 e. The van der Waals surface area contributed by atoms with Gasteiger partial charge in [0.05, 0.1) is 11.4 Å². The van der Waals surface area contributed by atoms with Crippen LogP contribution >= 0.6 is 24.4 Å². The Bertz CT molecular complexity index is 798. The van der Waals surface area contributed by atoms with Gasteiger partial charge in [0, 0.05) is 0 Å². The molecule has 5 heteroatoms. The topological polar surface area (TPSA) is 25.6 Å². The first kappa shape index (κ1) is 12.1. The molecule has 0 spiro atoms. The molecule has 0 saturated heterocycles. The lowest BCUT2D eigenvalue weighted by molar-refractivity contribution is 0.857. The van der Waals surface area contributed by atoms with Gasteiger partial charge in [-0.2, -0.15) is 0 Å². The summed E-state index contributed by atoms with van der Waals surface area (Å²) in [6.07, 6.45) is 0. The van der Waals surface area contributed by atoms with Crippen LogP contribution in [0.1, 0.15) is 0 Å². The van der Waals surface area contributed by atoms with Crippen LogP contribution in [0, 0.1) is 9.54 Å². The van der Waals surface area contributed by atoms with Gasteiger partial charge in [-0.3, -0.25) is 9.67 Å². The van der Waals surface area contributed by atoms with Crippen molar-refractivity contribution in [3.8, 4) is 11.4 Å². The van der Waals surface area contributed by atoms with Crippen LogP contribution in [-0.4, -0.2) is 14.3 Å². The quantitative estimate of drug-likeness (QED) is 0.719. The van der Waals surface area contributed by atoms with Gasteiger partial charge < -0.3 is 0 Å². The molecule has 0 saturated carbocycles. The molecule has 2 aromatic carbocycles. The summed E-state index contributed by atoms with van der Waals surface area (Å²) >= 11 is 10.9. The van der Waals surface area contributed by atoms with Gasteiger partial charge in [-0.1, -0.05) is 36.4 Å². The maximum atomic E-state index is 5.50. The van der Waals surface area contributed by atoms with Gasteiger partial charge in [-0.25, -0.2) is 4.68 Å². The van der Waals surface area contributed by atoms with Crippen molar-refractivity contribution < 1.29 is 0 Å². The van der Waals surface area contributed by atoms with E-state index in [1.807, 2.05) is 69.9 Å². The second-order valence-electron chi connectivity index (χ2n) is 4.04. The smallest absolute Gasteiger partial charge is 0.206 e. The third kappa shape index (κ3) is 2.18. The molecule has 0 unspecified atom stereocenters. The molecule has 0 aliphatic heterocycles. The predicted molar refractivity (Wildman–Crippen MR) is 81.1 cm³/mol. The van der Waals surface area contributed by atoms with Crippen molar-refractivity contribution >= 4 is 24.4 Å². The first-order valence-electron chi connectivity index (χ1n) is 5.82. The molecule has 1 aromatic heterocycles. The van der Waals surface area contributed by atoms with Crippen LogP contribution in [0.5, 0.6) is 0 Å². The number of benzene rings is 2. The molecule has 0 amide bonds. The first-order valence-corrected chi connectivity index (χ1v) is 6.64. The largest absolute Gasteiger partial charge is 0.267 e. The fourth-order valence-corrected chi connectivity index (χ4v) is 2.63. The molecule has 0 aliphatic carbocycles. The van der Waals surface area contributed by atoms with Crippen molar-refractivity contribution in [1.29, 1.82) is 0 Å². The Morgan fingerprint density at radius 1 is 0.737 bits per heavy atom. The average Bonchev–Trinajstić information content (AvgIpc) is 2.76. The minimum absolute atomic E-state index is 0.583. The van der Waals surface area contributed by atoms with Crippen molar-refractivity contribution in [2.75, 3.05) is 0 Å². The highest BCUT2D eigenvalue weighted by molar-refractivity contribution is 7.72. The minimum Gasteiger partial charge on any atom is -0.267 e. The number of hydrogen-bond donors (Lipinski definition) is 1. The number of nitrogens with zero attached hydrogens (tertiary/aromatic N) is 2. The van der Waals surface area contributed by atoms with Crippen LogP contribution < -0.4 is 0 Å². The molecule has 3 nitrogen and oxygen atoms in total. The zero-order chi connectivity index (χ0) is 13.2. The molecule has 0 aliphatic rings. The summed E-state index contributed by atoms with van der Waals surface area (Å²) in [7, 11) is 0. The highest BCUT2D eigenvalue weighted by atomic mass is 32.1. The molecule has 0 fully saturated rings. The van der Waals surface area contributed by atoms with E-state index in [-0.39, 0.29) is 0 Å². The van der Waals surface area contributed by atoms with Crippen molar-refractivity contribution in [3.05, 3.63) is 70.2 Å². The van der Waals surface area contributed by atoms with Gasteiger partial charge in [0.25, 0.3) is 0 Å². The highest BCUT2D eigenvalue weighted by Crippen LogP contribution is 2.13. The van der Waals surface area contributed by atoms with E-state index >= 15 is 0 Å². The standard InChI is InChI=1S/C14H11N3S2/c18-13-15-17(12-9-5-2-6-10-12)14(19)16(13)11-7-3-1-4-8-11/h1-10H,(H,15,18). The van der Waals surface area contributed by atoms with Crippen LogP contribution in [0.2, 0.25) is 0 Å². The number of rotatable bonds is 2. The normalized spacial score (nSPS) is 10.5. The summed E-state index contributed by atoms with van der Waals surface area (Å²) in [6.45, 7) is 0. The van der Waals surface area contributed by atoms with Gasteiger partial charge in [-0.05, 0) is 48.7 Å². The Hall–Kier alpha value is -1.98. The van der Waals surface area contributed by atoms with Gasteiger partial charge in [0.15, 0.2) is 4.77 Å². The van der Waals surface area contributed by atoms with Gasteiger partial charge in [-0.15, -0.1) is 0 Å². The van der Waals surface area contributed by atoms with E-state index < -0.39 is 0 Å². The Morgan fingerprint density at radius 2 is 1.26 bits per heavy atom. The van der Waals surface area contributed by atoms with E-state index in [2.05, 4.69) is 5.10 Å². The fourth-order valence-electron chi connectivity index (χ4n) is 1.94. The molecule has 3 rings (SSSR count). The summed E-state index contributed by atoms with van der Waals surface area (Å²) in [5.41, 5.74) is 1.93. The van der Waals surface area contributed by atoms with Crippen LogP contribution in [0.15, 0.2) is 60.7 Å². The van der Waals surface area contributed by atoms with Gasteiger partial charge in [0.2, 0.25) is 4.77 Å². The Balaban J connectivity index is 2.23. The summed E-state index contributed by atoms with van der Waals surface area (Å²) in [5, 5.41) is 3.12. The average molecular weight is 285 g/mol. The summed E-state index contributed by atoms with van der Waals surface area (Å²) in [5.74, 6) is 0. The highest BCUT2D eigenvalue weighted by Gasteiger charge is 2.06.